The van der Waals surface area contributed by atoms with Crippen molar-refractivity contribution in [3.8, 4) is 5.75 Å². The van der Waals surface area contributed by atoms with Gasteiger partial charge < -0.3 is 15.2 Å². The number of amides is 1. The van der Waals surface area contributed by atoms with Gasteiger partial charge in [0, 0.05) is 18.0 Å². The minimum atomic E-state index is -0.935. The van der Waals surface area contributed by atoms with Crippen molar-refractivity contribution in [3.05, 3.63) is 29.8 Å². The second-order valence-corrected chi connectivity index (χ2v) is 5.52. The molecule has 126 valence electrons. The van der Waals surface area contributed by atoms with E-state index in [0.29, 0.717) is 24.3 Å². The number of hydrogen-bond acceptors (Lipinski definition) is 4. The fraction of sp³-hybridized carbons (Fsp3) is 0.471. The quantitative estimate of drug-likeness (QED) is 0.537. The van der Waals surface area contributed by atoms with E-state index in [-0.39, 0.29) is 18.1 Å². The van der Waals surface area contributed by atoms with E-state index in [9.17, 15) is 14.4 Å². The molecule has 23 heavy (non-hydrogen) atoms. The third-order valence-corrected chi connectivity index (χ3v) is 3.61. The second kappa shape index (κ2) is 8.92. The molecule has 0 aliphatic rings. The number of ketones is 1. The summed E-state index contributed by atoms with van der Waals surface area (Å²) in [6.07, 6.45) is 0.788. The molecule has 1 rings (SSSR count). The summed E-state index contributed by atoms with van der Waals surface area (Å²) in [7, 11) is 0. The topological polar surface area (TPSA) is 92.7 Å². The van der Waals surface area contributed by atoms with E-state index in [1.165, 1.54) is 6.92 Å². The number of carbonyl (C=O) groups excluding carboxylic acids is 2. The van der Waals surface area contributed by atoms with Crippen LogP contribution in [0.15, 0.2) is 24.3 Å². The zero-order valence-corrected chi connectivity index (χ0v) is 13.7. The van der Waals surface area contributed by atoms with Gasteiger partial charge in [-0.15, -0.1) is 0 Å². The van der Waals surface area contributed by atoms with Gasteiger partial charge >= 0.3 is 5.97 Å². The molecule has 2 atom stereocenters. The lowest BCUT2D eigenvalue weighted by Gasteiger charge is -2.17. The van der Waals surface area contributed by atoms with Gasteiger partial charge in [0.15, 0.2) is 5.78 Å². The highest BCUT2D eigenvalue weighted by Crippen LogP contribution is 2.13. The number of hydrogen-bond donors (Lipinski definition) is 2. The highest BCUT2D eigenvalue weighted by molar-refractivity contribution is 5.94. The molecule has 0 saturated heterocycles. The molecule has 2 unspecified atom stereocenters. The first-order valence-electron chi connectivity index (χ1n) is 7.57. The van der Waals surface area contributed by atoms with Crippen molar-refractivity contribution in [2.24, 2.45) is 5.92 Å². The lowest BCUT2D eigenvalue weighted by Crippen LogP contribution is -2.40. The summed E-state index contributed by atoms with van der Waals surface area (Å²) in [5, 5.41) is 11.5. The van der Waals surface area contributed by atoms with Crippen LogP contribution >= 0.6 is 0 Å². The Balaban J connectivity index is 2.27. The first-order chi connectivity index (χ1) is 10.8. The van der Waals surface area contributed by atoms with Gasteiger partial charge in [0.2, 0.25) is 5.91 Å². The van der Waals surface area contributed by atoms with Crippen LogP contribution in [0.25, 0.3) is 0 Å². The number of ether oxygens (including phenoxy) is 1. The van der Waals surface area contributed by atoms with E-state index in [0.717, 1.165) is 0 Å². The summed E-state index contributed by atoms with van der Waals surface area (Å²) in [6, 6.07) is 6.40. The molecule has 0 aliphatic heterocycles. The van der Waals surface area contributed by atoms with Crippen molar-refractivity contribution in [1.82, 2.24) is 5.32 Å². The van der Waals surface area contributed by atoms with Crippen LogP contribution in [-0.2, 0) is 9.59 Å². The molecule has 0 spiro atoms. The van der Waals surface area contributed by atoms with Crippen LogP contribution in [0.4, 0.5) is 0 Å². The largest absolute Gasteiger partial charge is 0.494 e. The fourth-order valence-electron chi connectivity index (χ4n) is 1.87. The Kier molecular flexibility index (Phi) is 7.25. The molecule has 1 amide bonds. The number of carboxylic acid groups (broad SMARTS) is 1. The summed E-state index contributed by atoms with van der Waals surface area (Å²) in [5.74, 6) is -1.12. The summed E-state index contributed by atoms with van der Waals surface area (Å²) in [4.78, 5) is 33.7. The molecule has 0 saturated carbocycles. The zero-order valence-electron chi connectivity index (χ0n) is 13.7. The molecule has 1 aromatic rings. The molecule has 2 N–H and O–H groups in total. The van der Waals surface area contributed by atoms with Crippen LogP contribution in [-0.4, -0.2) is 35.4 Å². The lowest BCUT2D eigenvalue weighted by atomic mass is 10.0. The van der Waals surface area contributed by atoms with E-state index in [2.05, 4.69) is 5.32 Å². The molecule has 0 radical (unpaired) electrons. The molecule has 0 aromatic heterocycles. The third-order valence-electron chi connectivity index (χ3n) is 3.61. The van der Waals surface area contributed by atoms with Crippen LogP contribution in [0.5, 0.6) is 5.75 Å². The fourth-order valence-corrected chi connectivity index (χ4v) is 1.87. The monoisotopic (exact) mass is 321 g/mol. The van der Waals surface area contributed by atoms with Gasteiger partial charge in [0.1, 0.15) is 5.75 Å². The first kappa shape index (κ1) is 18.7. The van der Waals surface area contributed by atoms with E-state index in [1.807, 2.05) is 0 Å². The van der Waals surface area contributed by atoms with Crippen molar-refractivity contribution in [2.45, 2.75) is 39.7 Å². The SMILES string of the molecule is CC(=O)c1ccc(OCCCC(=O)NC(C)C(C)C(=O)O)cc1. The summed E-state index contributed by atoms with van der Waals surface area (Å²) in [5.41, 5.74) is 0.623. The van der Waals surface area contributed by atoms with Gasteiger partial charge in [-0.2, -0.15) is 0 Å². The van der Waals surface area contributed by atoms with Gasteiger partial charge in [0.05, 0.1) is 12.5 Å². The average molecular weight is 321 g/mol. The molecule has 0 bridgehead atoms. The number of rotatable bonds is 9. The third kappa shape index (κ3) is 6.50. The lowest BCUT2D eigenvalue weighted by molar-refractivity contribution is -0.142. The Bertz CT molecular complexity index is 553. The number of nitrogens with one attached hydrogen (secondary N) is 1. The van der Waals surface area contributed by atoms with Crippen molar-refractivity contribution in [3.63, 3.8) is 0 Å². The Hall–Kier alpha value is -2.37. The molecule has 0 heterocycles. The minimum Gasteiger partial charge on any atom is -0.494 e. The van der Waals surface area contributed by atoms with Crippen molar-refractivity contribution >= 4 is 17.7 Å². The van der Waals surface area contributed by atoms with Crippen LogP contribution in [0, 0.1) is 5.92 Å². The standard InChI is InChI=1S/C17H23NO5/c1-11(17(21)22)12(2)18-16(20)5-4-10-23-15-8-6-14(7-9-15)13(3)19/h6-9,11-12H,4-5,10H2,1-3H3,(H,18,20)(H,21,22). The highest BCUT2D eigenvalue weighted by Gasteiger charge is 2.20. The average Bonchev–Trinajstić information content (AvgIpc) is 2.51. The maximum atomic E-state index is 11.7. The maximum Gasteiger partial charge on any atom is 0.308 e. The van der Waals surface area contributed by atoms with E-state index in [4.69, 9.17) is 9.84 Å². The summed E-state index contributed by atoms with van der Waals surface area (Å²) >= 11 is 0. The molecule has 6 nitrogen and oxygen atoms in total. The summed E-state index contributed by atoms with van der Waals surface area (Å²) < 4.78 is 5.50. The van der Waals surface area contributed by atoms with Crippen LogP contribution in [0.3, 0.4) is 0 Å². The molecule has 1 aromatic carbocycles. The number of Topliss-reactive ketones (excluding diaryl/α,β-unsaturated/α-hetero) is 1. The van der Waals surface area contributed by atoms with Gasteiger partial charge in [-0.1, -0.05) is 0 Å². The van der Waals surface area contributed by atoms with E-state index in [1.54, 1.807) is 38.1 Å². The van der Waals surface area contributed by atoms with Gasteiger partial charge in [-0.05, 0) is 51.5 Å². The molecular weight excluding hydrogens is 298 g/mol. The predicted octanol–water partition coefficient (Wildman–Crippen LogP) is 2.27. The molecule has 0 fully saturated rings. The Labute approximate surface area is 135 Å². The zero-order chi connectivity index (χ0) is 17.4. The van der Waals surface area contributed by atoms with Crippen LogP contribution < -0.4 is 10.1 Å². The Morgan fingerprint density at radius 3 is 2.30 bits per heavy atom. The maximum absolute atomic E-state index is 11.7. The summed E-state index contributed by atoms with van der Waals surface area (Å²) in [6.45, 7) is 5.10. The smallest absolute Gasteiger partial charge is 0.308 e. The van der Waals surface area contributed by atoms with E-state index >= 15 is 0 Å². The number of aliphatic carboxylic acids is 1. The highest BCUT2D eigenvalue weighted by atomic mass is 16.5. The first-order valence-corrected chi connectivity index (χ1v) is 7.57. The van der Waals surface area contributed by atoms with Gasteiger partial charge in [0.25, 0.3) is 0 Å². The second-order valence-electron chi connectivity index (χ2n) is 5.52. The molecular formula is C17H23NO5. The van der Waals surface area contributed by atoms with Crippen molar-refractivity contribution in [2.75, 3.05) is 6.61 Å². The van der Waals surface area contributed by atoms with Crippen LogP contribution in [0.2, 0.25) is 0 Å². The molecule has 0 aliphatic carbocycles. The predicted molar refractivity (Wildman–Crippen MR) is 85.6 cm³/mol. The number of benzene rings is 1. The van der Waals surface area contributed by atoms with Gasteiger partial charge in [-0.3, -0.25) is 14.4 Å². The van der Waals surface area contributed by atoms with Gasteiger partial charge in [-0.25, -0.2) is 0 Å². The van der Waals surface area contributed by atoms with Crippen molar-refractivity contribution < 1.29 is 24.2 Å². The minimum absolute atomic E-state index is 0.00192. The Morgan fingerprint density at radius 1 is 1.17 bits per heavy atom. The van der Waals surface area contributed by atoms with E-state index < -0.39 is 17.9 Å². The normalized spacial score (nSPS) is 13.0. The number of carboxylic acids is 1. The number of carbonyl (C=O) groups is 3. The molecule has 6 heteroatoms. The van der Waals surface area contributed by atoms with Crippen LogP contribution in [0.1, 0.15) is 44.0 Å². The Morgan fingerprint density at radius 2 is 1.78 bits per heavy atom. The van der Waals surface area contributed by atoms with Crippen molar-refractivity contribution in [1.29, 1.82) is 0 Å².